The monoisotopic (exact) mass is 234 g/mol. The van der Waals surface area contributed by atoms with Crippen LogP contribution in [0.25, 0.3) is 0 Å². The number of carbonyl (C=O) groups is 1. The zero-order valence-electron chi connectivity index (χ0n) is 9.36. The van der Waals surface area contributed by atoms with Crippen molar-refractivity contribution in [1.29, 1.82) is 0 Å². The molecule has 3 aliphatic rings. The second kappa shape index (κ2) is 3.55. The van der Waals surface area contributed by atoms with Crippen molar-refractivity contribution in [1.82, 2.24) is 10.2 Å². The molecular weight excluding hydrogens is 220 g/mol. The van der Waals surface area contributed by atoms with Gasteiger partial charge in [-0.2, -0.15) is 0 Å². The van der Waals surface area contributed by atoms with Crippen molar-refractivity contribution in [3.63, 3.8) is 0 Å². The summed E-state index contributed by atoms with van der Waals surface area (Å²) in [4.78, 5) is 13.9. The lowest BCUT2D eigenvalue weighted by molar-refractivity contribution is -0.124. The smallest absolute Gasteiger partial charge is 0.256 e. The summed E-state index contributed by atoms with van der Waals surface area (Å²) in [7, 11) is 0. The Labute approximate surface area is 98.7 Å². The normalized spacial score (nSPS) is 24.1. The van der Waals surface area contributed by atoms with Gasteiger partial charge in [0.1, 0.15) is 5.76 Å². The van der Waals surface area contributed by atoms with Crippen molar-refractivity contribution in [2.75, 3.05) is 6.54 Å². The van der Waals surface area contributed by atoms with Crippen LogP contribution < -0.4 is 5.32 Å². The van der Waals surface area contributed by atoms with Gasteiger partial charge in [-0.05, 0) is 31.8 Å². The first-order valence-corrected chi connectivity index (χ1v) is 5.82. The number of carbonyl (C=O) groups excluding carboxylic acids is 1. The highest BCUT2D eigenvalue weighted by Gasteiger charge is 2.35. The molecule has 1 fully saturated rings. The topological polar surface area (TPSA) is 72.8 Å². The van der Waals surface area contributed by atoms with E-state index in [1.807, 2.05) is 0 Å². The number of nitrogens with one attached hydrogen (secondary N) is 1. The van der Waals surface area contributed by atoms with E-state index >= 15 is 0 Å². The Balaban J connectivity index is 2.10. The van der Waals surface area contributed by atoms with Gasteiger partial charge in [-0.25, -0.2) is 0 Å². The predicted octanol–water partition coefficient (Wildman–Crippen LogP) is 1.43. The molecule has 5 nitrogen and oxygen atoms in total. The van der Waals surface area contributed by atoms with E-state index in [4.69, 9.17) is 0 Å². The quantitative estimate of drug-likeness (QED) is 0.593. The third-order valence-electron chi connectivity index (χ3n) is 3.43. The minimum Gasteiger partial charge on any atom is -0.506 e. The van der Waals surface area contributed by atoms with Crippen LogP contribution in [0.3, 0.4) is 0 Å². The molecule has 1 amide bonds. The summed E-state index contributed by atoms with van der Waals surface area (Å²) in [5.74, 6) is -0.0562. The average molecular weight is 234 g/mol. The number of hydrogen-bond acceptors (Lipinski definition) is 4. The summed E-state index contributed by atoms with van der Waals surface area (Å²) in [6.45, 7) is 0.640. The molecule has 1 aliphatic carbocycles. The van der Waals surface area contributed by atoms with Crippen LogP contribution >= 0.6 is 0 Å². The van der Waals surface area contributed by atoms with E-state index in [1.165, 1.54) is 0 Å². The van der Waals surface area contributed by atoms with Crippen molar-refractivity contribution in [3.8, 4) is 0 Å². The summed E-state index contributed by atoms with van der Waals surface area (Å²) in [6, 6.07) is 0. The Hall–Kier alpha value is -1.91. The third kappa shape index (κ3) is 1.42. The van der Waals surface area contributed by atoms with Gasteiger partial charge < -0.3 is 20.4 Å². The number of allylic oxidation sites excluding steroid dienone is 2. The van der Waals surface area contributed by atoms with Gasteiger partial charge >= 0.3 is 0 Å². The van der Waals surface area contributed by atoms with E-state index in [0.29, 0.717) is 42.8 Å². The van der Waals surface area contributed by atoms with Crippen LogP contribution in [-0.2, 0) is 4.79 Å². The lowest BCUT2D eigenvalue weighted by Crippen LogP contribution is -2.28. The minimum absolute atomic E-state index is 0.0114. The summed E-state index contributed by atoms with van der Waals surface area (Å²) >= 11 is 0. The Kier molecular flexibility index (Phi) is 2.14. The summed E-state index contributed by atoms with van der Waals surface area (Å²) in [5.41, 5.74) is 1.56. The molecule has 0 aromatic heterocycles. The molecule has 0 bridgehead atoms. The molecule has 5 heteroatoms. The summed E-state index contributed by atoms with van der Waals surface area (Å²) in [5, 5.41) is 22.5. The molecule has 0 aromatic carbocycles. The van der Waals surface area contributed by atoms with Crippen LogP contribution in [0.15, 0.2) is 34.7 Å². The van der Waals surface area contributed by atoms with Gasteiger partial charge in [0.05, 0.1) is 11.4 Å². The summed E-state index contributed by atoms with van der Waals surface area (Å²) < 4.78 is 0. The molecule has 0 saturated carbocycles. The maximum atomic E-state index is 12.3. The summed E-state index contributed by atoms with van der Waals surface area (Å²) in [6.07, 6.45) is 4.48. The molecule has 3 rings (SSSR count). The molecule has 0 radical (unpaired) electrons. The first kappa shape index (κ1) is 10.3. The Morgan fingerprint density at radius 1 is 1.29 bits per heavy atom. The molecular formula is C12H14N2O3. The molecule has 2 aliphatic heterocycles. The van der Waals surface area contributed by atoms with E-state index in [9.17, 15) is 15.0 Å². The SMILES string of the molecule is O=C1C2=C(NC(O)=C3CCCN13)C(O)=CCC2. The zero-order chi connectivity index (χ0) is 12.0. The van der Waals surface area contributed by atoms with Crippen molar-refractivity contribution >= 4 is 5.91 Å². The Morgan fingerprint density at radius 3 is 2.94 bits per heavy atom. The second-order valence-electron chi connectivity index (χ2n) is 4.46. The number of rotatable bonds is 0. The predicted molar refractivity (Wildman–Crippen MR) is 60.7 cm³/mol. The van der Waals surface area contributed by atoms with Crippen molar-refractivity contribution in [2.45, 2.75) is 25.7 Å². The van der Waals surface area contributed by atoms with Gasteiger partial charge in [0.25, 0.3) is 5.91 Å². The first-order valence-electron chi connectivity index (χ1n) is 5.82. The van der Waals surface area contributed by atoms with Gasteiger partial charge in [-0.1, -0.05) is 0 Å². The number of fused-ring (bicyclic) bond motifs is 1. The van der Waals surface area contributed by atoms with Crippen LogP contribution in [0.4, 0.5) is 0 Å². The van der Waals surface area contributed by atoms with E-state index in [2.05, 4.69) is 5.32 Å². The van der Waals surface area contributed by atoms with Crippen LogP contribution in [-0.4, -0.2) is 27.6 Å². The van der Waals surface area contributed by atoms with Crippen molar-refractivity contribution < 1.29 is 15.0 Å². The van der Waals surface area contributed by atoms with E-state index in [0.717, 1.165) is 6.42 Å². The van der Waals surface area contributed by atoms with Gasteiger partial charge in [-0.3, -0.25) is 4.79 Å². The molecule has 90 valence electrons. The molecule has 3 N–H and O–H groups in total. The number of aliphatic hydroxyl groups is 2. The Morgan fingerprint density at radius 2 is 2.12 bits per heavy atom. The van der Waals surface area contributed by atoms with Crippen LogP contribution in [0, 0.1) is 0 Å². The fourth-order valence-corrected chi connectivity index (χ4v) is 2.59. The van der Waals surface area contributed by atoms with Crippen LogP contribution in [0.2, 0.25) is 0 Å². The number of nitrogens with zero attached hydrogens (tertiary/aromatic N) is 1. The number of hydrogen-bond donors (Lipinski definition) is 3. The van der Waals surface area contributed by atoms with E-state index in [-0.39, 0.29) is 17.5 Å². The fraction of sp³-hybridized carbons (Fsp3) is 0.417. The Bertz CT molecular complexity index is 488. The lowest BCUT2D eigenvalue weighted by atomic mass is 10.00. The molecule has 0 spiro atoms. The average Bonchev–Trinajstić information content (AvgIpc) is 2.76. The molecule has 17 heavy (non-hydrogen) atoms. The van der Waals surface area contributed by atoms with Gasteiger partial charge in [0.15, 0.2) is 0 Å². The highest BCUT2D eigenvalue weighted by molar-refractivity contribution is 5.97. The second-order valence-corrected chi connectivity index (χ2v) is 4.46. The maximum absolute atomic E-state index is 12.3. The molecule has 0 unspecified atom stereocenters. The van der Waals surface area contributed by atoms with Gasteiger partial charge in [-0.15, -0.1) is 0 Å². The number of amides is 1. The van der Waals surface area contributed by atoms with Crippen LogP contribution in [0.5, 0.6) is 0 Å². The van der Waals surface area contributed by atoms with Crippen molar-refractivity contribution in [2.24, 2.45) is 0 Å². The van der Waals surface area contributed by atoms with Crippen molar-refractivity contribution in [3.05, 3.63) is 34.7 Å². The maximum Gasteiger partial charge on any atom is 0.256 e. The largest absolute Gasteiger partial charge is 0.506 e. The minimum atomic E-state index is -0.0938. The third-order valence-corrected chi connectivity index (χ3v) is 3.43. The van der Waals surface area contributed by atoms with Gasteiger partial charge in [0, 0.05) is 12.1 Å². The number of aliphatic hydroxyl groups excluding tert-OH is 2. The highest BCUT2D eigenvalue weighted by atomic mass is 16.3. The van der Waals surface area contributed by atoms with E-state index in [1.54, 1.807) is 11.0 Å². The molecule has 2 heterocycles. The fourth-order valence-electron chi connectivity index (χ4n) is 2.59. The zero-order valence-corrected chi connectivity index (χ0v) is 9.36. The molecule has 0 atom stereocenters. The molecule has 1 saturated heterocycles. The van der Waals surface area contributed by atoms with Gasteiger partial charge in [0.2, 0.25) is 5.88 Å². The lowest BCUT2D eigenvalue weighted by Gasteiger charge is -2.19. The van der Waals surface area contributed by atoms with Crippen LogP contribution in [0.1, 0.15) is 25.7 Å². The first-order chi connectivity index (χ1) is 8.18. The standard InChI is InChI=1S/C12H14N2O3/c15-9-5-1-3-7-10(9)13-11(16)8-4-2-6-14(8)12(7)17/h5,13,15-16H,1-4,6H2. The van der Waals surface area contributed by atoms with E-state index < -0.39 is 0 Å². The highest BCUT2D eigenvalue weighted by Crippen LogP contribution is 2.32. The molecule has 0 aromatic rings.